The summed E-state index contributed by atoms with van der Waals surface area (Å²) < 4.78 is 0.900. The normalized spacial score (nSPS) is 10.8. The van der Waals surface area contributed by atoms with Gasteiger partial charge in [0.15, 0.2) is 5.13 Å². The molecule has 0 saturated carbocycles. The highest BCUT2D eigenvalue weighted by molar-refractivity contribution is 7.23. The van der Waals surface area contributed by atoms with Gasteiger partial charge in [0.05, 0.1) is 15.2 Å². The van der Waals surface area contributed by atoms with Gasteiger partial charge in [-0.3, -0.25) is 10.1 Å². The minimum absolute atomic E-state index is 0.152. The molecule has 0 unspecified atom stereocenters. The van der Waals surface area contributed by atoms with Crippen LogP contribution in [0.5, 0.6) is 0 Å². The molecular formula is C16H13ClN2OS. The highest BCUT2D eigenvalue weighted by atomic mass is 35.5. The van der Waals surface area contributed by atoms with Crippen molar-refractivity contribution in [1.82, 2.24) is 4.98 Å². The van der Waals surface area contributed by atoms with E-state index < -0.39 is 0 Å². The summed E-state index contributed by atoms with van der Waals surface area (Å²) in [6.45, 7) is 3.89. The lowest BCUT2D eigenvalue weighted by atomic mass is 10.1. The predicted octanol–water partition coefficient (Wildman–Crippen LogP) is 4.82. The second-order valence-electron chi connectivity index (χ2n) is 4.83. The van der Waals surface area contributed by atoms with Gasteiger partial charge in [0.25, 0.3) is 5.91 Å². The first kappa shape index (κ1) is 14.0. The maximum Gasteiger partial charge on any atom is 0.257 e. The van der Waals surface area contributed by atoms with Gasteiger partial charge in [-0.1, -0.05) is 47.2 Å². The summed E-state index contributed by atoms with van der Waals surface area (Å²) in [6.07, 6.45) is 0. The molecule has 0 aliphatic rings. The number of fused-ring (bicyclic) bond motifs is 1. The Morgan fingerprint density at radius 1 is 1.14 bits per heavy atom. The van der Waals surface area contributed by atoms with Gasteiger partial charge in [-0.2, -0.15) is 0 Å². The van der Waals surface area contributed by atoms with Crippen LogP contribution < -0.4 is 5.32 Å². The van der Waals surface area contributed by atoms with Crippen LogP contribution in [0.3, 0.4) is 0 Å². The molecule has 3 rings (SSSR count). The lowest BCUT2D eigenvalue weighted by Gasteiger charge is -2.04. The van der Waals surface area contributed by atoms with E-state index in [9.17, 15) is 4.79 Å². The molecule has 0 aliphatic heterocycles. The average molecular weight is 317 g/mol. The van der Waals surface area contributed by atoms with E-state index in [1.807, 2.05) is 44.2 Å². The van der Waals surface area contributed by atoms with Crippen molar-refractivity contribution in [2.24, 2.45) is 0 Å². The van der Waals surface area contributed by atoms with E-state index in [-0.39, 0.29) is 5.91 Å². The second-order valence-corrected chi connectivity index (χ2v) is 6.24. The van der Waals surface area contributed by atoms with Gasteiger partial charge in [0, 0.05) is 5.56 Å². The molecule has 0 radical (unpaired) electrons. The zero-order chi connectivity index (χ0) is 15.0. The van der Waals surface area contributed by atoms with Crippen LogP contribution >= 0.6 is 22.9 Å². The summed E-state index contributed by atoms with van der Waals surface area (Å²) >= 11 is 7.57. The van der Waals surface area contributed by atoms with E-state index in [1.165, 1.54) is 11.3 Å². The van der Waals surface area contributed by atoms with Crippen molar-refractivity contribution < 1.29 is 4.79 Å². The summed E-state index contributed by atoms with van der Waals surface area (Å²) in [5, 5.41) is 4.07. The average Bonchev–Trinajstić information content (AvgIpc) is 2.88. The first-order valence-corrected chi connectivity index (χ1v) is 7.68. The van der Waals surface area contributed by atoms with Crippen molar-refractivity contribution in [1.29, 1.82) is 0 Å². The molecule has 2 aromatic carbocycles. The van der Waals surface area contributed by atoms with Crippen LogP contribution in [0, 0.1) is 13.8 Å². The maximum absolute atomic E-state index is 12.3. The van der Waals surface area contributed by atoms with Gasteiger partial charge in [-0.25, -0.2) is 4.98 Å². The number of hydrogen-bond donors (Lipinski definition) is 1. The second kappa shape index (κ2) is 5.47. The van der Waals surface area contributed by atoms with Crippen LogP contribution in [0.25, 0.3) is 10.2 Å². The largest absolute Gasteiger partial charge is 0.298 e. The van der Waals surface area contributed by atoms with Gasteiger partial charge in [0.2, 0.25) is 0 Å². The third-order valence-electron chi connectivity index (χ3n) is 3.31. The van der Waals surface area contributed by atoms with Crippen LogP contribution in [-0.2, 0) is 0 Å². The Labute approximate surface area is 131 Å². The molecule has 1 aromatic heterocycles. The lowest BCUT2D eigenvalue weighted by molar-refractivity contribution is 0.102. The molecule has 0 bridgehead atoms. The fraction of sp³-hybridized carbons (Fsp3) is 0.125. The molecule has 1 N–H and O–H groups in total. The molecule has 0 saturated heterocycles. The van der Waals surface area contributed by atoms with E-state index in [0.717, 1.165) is 21.3 Å². The van der Waals surface area contributed by atoms with E-state index >= 15 is 0 Å². The van der Waals surface area contributed by atoms with Crippen LogP contribution in [-0.4, -0.2) is 10.9 Å². The van der Waals surface area contributed by atoms with Gasteiger partial charge in [0.1, 0.15) is 0 Å². The molecule has 0 fully saturated rings. The number of rotatable bonds is 2. The molecular weight excluding hydrogens is 304 g/mol. The van der Waals surface area contributed by atoms with Gasteiger partial charge in [-0.15, -0.1) is 0 Å². The Morgan fingerprint density at radius 3 is 2.62 bits per heavy atom. The summed E-state index contributed by atoms with van der Waals surface area (Å²) in [6, 6.07) is 11.3. The number of aryl methyl sites for hydroxylation is 2. The van der Waals surface area contributed by atoms with Crippen molar-refractivity contribution in [3.63, 3.8) is 0 Å². The van der Waals surface area contributed by atoms with Crippen LogP contribution in [0.4, 0.5) is 5.13 Å². The molecule has 1 heterocycles. The van der Waals surface area contributed by atoms with Crippen LogP contribution in [0.15, 0.2) is 36.4 Å². The smallest absolute Gasteiger partial charge is 0.257 e. The number of anilines is 1. The molecule has 3 nitrogen and oxygen atoms in total. The minimum atomic E-state index is -0.152. The SMILES string of the molecule is Cc1ccccc1C(=O)Nc1nc2c(C)ccc(Cl)c2s1. The number of halogens is 1. The maximum atomic E-state index is 12.3. The zero-order valence-electron chi connectivity index (χ0n) is 11.6. The highest BCUT2D eigenvalue weighted by Gasteiger charge is 2.13. The third-order valence-corrected chi connectivity index (χ3v) is 4.74. The Balaban J connectivity index is 1.96. The molecule has 0 atom stereocenters. The molecule has 3 aromatic rings. The summed E-state index contributed by atoms with van der Waals surface area (Å²) in [7, 11) is 0. The van der Waals surface area contributed by atoms with Gasteiger partial charge in [-0.05, 0) is 37.1 Å². The number of benzene rings is 2. The van der Waals surface area contributed by atoms with Crippen molar-refractivity contribution >= 4 is 44.2 Å². The van der Waals surface area contributed by atoms with Crippen LogP contribution in [0.1, 0.15) is 21.5 Å². The monoisotopic (exact) mass is 316 g/mol. The zero-order valence-corrected chi connectivity index (χ0v) is 13.2. The van der Waals surface area contributed by atoms with E-state index in [4.69, 9.17) is 11.6 Å². The standard InChI is InChI=1S/C16H13ClN2OS/c1-9-5-3-4-6-11(9)15(20)19-16-18-13-10(2)7-8-12(17)14(13)21-16/h3-8H,1-2H3,(H,18,19,20). The molecule has 21 heavy (non-hydrogen) atoms. The fourth-order valence-corrected chi connectivity index (χ4v) is 3.36. The number of thiazole rings is 1. The summed E-state index contributed by atoms with van der Waals surface area (Å²) in [5.74, 6) is -0.152. The number of nitrogens with zero attached hydrogens (tertiary/aromatic N) is 1. The molecule has 1 amide bonds. The van der Waals surface area contributed by atoms with E-state index in [1.54, 1.807) is 6.07 Å². The highest BCUT2D eigenvalue weighted by Crippen LogP contribution is 2.34. The van der Waals surface area contributed by atoms with Crippen molar-refractivity contribution in [2.45, 2.75) is 13.8 Å². The predicted molar refractivity (Wildman–Crippen MR) is 88.5 cm³/mol. The van der Waals surface area contributed by atoms with E-state index in [2.05, 4.69) is 10.3 Å². The number of nitrogens with one attached hydrogen (secondary N) is 1. The Hall–Kier alpha value is -1.91. The summed E-state index contributed by atoms with van der Waals surface area (Å²) in [4.78, 5) is 16.8. The number of hydrogen-bond acceptors (Lipinski definition) is 3. The van der Waals surface area contributed by atoms with Gasteiger partial charge < -0.3 is 0 Å². The first-order valence-electron chi connectivity index (χ1n) is 6.49. The van der Waals surface area contributed by atoms with Gasteiger partial charge >= 0.3 is 0 Å². The molecule has 0 aliphatic carbocycles. The Bertz CT molecular complexity index is 802. The van der Waals surface area contributed by atoms with Crippen molar-refractivity contribution in [3.8, 4) is 0 Å². The van der Waals surface area contributed by atoms with Crippen molar-refractivity contribution in [3.05, 3.63) is 58.1 Å². The third kappa shape index (κ3) is 2.64. The first-order chi connectivity index (χ1) is 10.1. The minimum Gasteiger partial charge on any atom is -0.298 e. The quantitative estimate of drug-likeness (QED) is 0.736. The Morgan fingerprint density at radius 2 is 1.90 bits per heavy atom. The topological polar surface area (TPSA) is 42.0 Å². The Kier molecular flexibility index (Phi) is 3.66. The molecule has 0 spiro atoms. The molecule has 106 valence electrons. The number of aromatic nitrogens is 1. The number of carbonyl (C=O) groups is 1. The van der Waals surface area contributed by atoms with Crippen LogP contribution in [0.2, 0.25) is 5.02 Å². The molecule has 5 heteroatoms. The van der Waals surface area contributed by atoms with Crippen molar-refractivity contribution in [2.75, 3.05) is 5.32 Å². The number of amides is 1. The number of carbonyl (C=O) groups excluding carboxylic acids is 1. The summed E-state index contributed by atoms with van der Waals surface area (Å²) in [5.41, 5.74) is 3.47. The fourth-order valence-electron chi connectivity index (χ4n) is 2.15. The van der Waals surface area contributed by atoms with E-state index in [0.29, 0.717) is 15.7 Å². The lowest BCUT2D eigenvalue weighted by Crippen LogP contribution is -2.12.